The summed E-state index contributed by atoms with van der Waals surface area (Å²) in [6.07, 6.45) is 0.636. The maximum atomic E-state index is 11.5. The molecule has 5 heteroatoms. The largest absolute Gasteiger partial charge is 0.444 e. The first-order valence-corrected chi connectivity index (χ1v) is 7.94. The van der Waals surface area contributed by atoms with Crippen LogP contribution in [0.5, 0.6) is 0 Å². The van der Waals surface area contributed by atoms with Gasteiger partial charge < -0.3 is 15.4 Å². The Morgan fingerprint density at radius 3 is 2.60 bits per heavy atom. The molecule has 0 saturated carbocycles. The Kier molecular flexibility index (Phi) is 6.49. The van der Waals surface area contributed by atoms with Gasteiger partial charge in [-0.1, -0.05) is 0 Å². The minimum atomic E-state index is -0.451. The van der Waals surface area contributed by atoms with E-state index in [1.165, 1.54) is 5.56 Å². The summed E-state index contributed by atoms with van der Waals surface area (Å²) in [4.78, 5) is 11.5. The fourth-order valence-electron chi connectivity index (χ4n) is 1.92. The first-order chi connectivity index (χ1) is 9.26. The second-order valence-electron chi connectivity index (χ2n) is 6.19. The average molecular weight is 298 g/mol. The van der Waals surface area contributed by atoms with Crippen LogP contribution in [0.1, 0.15) is 40.2 Å². The zero-order valence-electron chi connectivity index (χ0n) is 13.0. The molecule has 0 bridgehead atoms. The van der Waals surface area contributed by atoms with E-state index in [9.17, 15) is 4.79 Å². The van der Waals surface area contributed by atoms with Crippen LogP contribution in [0.4, 0.5) is 4.79 Å². The minimum absolute atomic E-state index is 0.205. The number of carbonyl (C=O) groups is 1. The number of nitrogens with one attached hydrogen (secondary N) is 2. The van der Waals surface area contributed by atoms with E-state index in [0.29, 0.717) is 12.6 Å². The van der Waals surface area contributed by atoms with Crippen LogP contribution in [0.2, 0.25) is 0 Å². The second kappa shape index (κ2) is 7.64. The van der Waals surface area contributed by atoms with Gasteiger partial charge in [0.2, 0.25) is 0 Å². The molecule has 1 aromatic rings. The van der Waals surface area contributed by atoms with Crippen molar-refractivity contribution in [1.82, 2.24) is 10.6 Å². The molecule has 0 aliphatic heterocycles. The maximum absolute atomic E-state index is 11.5. The van der Waals surface area contributed by atoms with E-state index < -0.39 is 5.60 Å². The summed E-state index contributed by atoms with van der Waals surface area (Å²) in [6.45, 7) is 10.3. The zero-order chi connectivity index (χ0) is 15.2. The number of carbonyl (C=O) groups excluding carboxylic acids is 1. The van der Waals surface area contributed by atoms with Gasteiger partial charge in [0.15, 0.2) is 0 Å². The van der Waals surface area contributed by atoms with Crippen molar-refractivity contribution in [1.29, 1.82) is 0 Å². The Balaban J connectivity index is 2.22. The van der Waals surface area contributed by atoms with Crippen LogP contribution in [0.15, 0.2) is 16.8 Å². The number of ether oxygens (including phenoxy) is 1. The van der Waals surface area contributed by atoms with Crippen LogP contribution in [0.3, 0.4) is 0 Å². The molecule has 0 aliphatic rings. The molecule has 0 radical (unpaired) electrons. The van der Waals surface area contributed by atoms with E-state index in [4.69, 9.17) is 4.74 Å². The standard InChI is InChI=1S/C15H26N2O2S/c1-11(8-13-6-7-20-10-13)17-12(2)9-16-14(18)19-15(3,4)5/h6-7,10-12,17H,8-9H2,1-5H3,(H,16,18). The predicted molar refractivity (Wildman–Crippen MR) is 84.3 cm³/mol. The highest BCUT2D eigenvalue weighted by Gasteiger charge is 2.16. The van der Waals surface area contributed by atoms with Crippen molar-refractivity contribution in [3.63, 3.8) is 0 Å². The Morgan fingerprint density at radius 1 is 1.35 bits per heavy atom. The summed E-state index contributed by atoms with van der Waals surface area (Å²) in [6, 6.07) is 2.73. The number of hydrogen-bond donors (Lipinski definition) is 2. The lowest BCUT2D eigenvalue weighted by atomic mass is 10.1. The van der Waals surface area contributed by atoms with Gasteiger partial charge in [-0.2, -0.15) is 11.3 Å². The minimum Gasteiger partial charge on any atom is -0.444 e. The molecule has 2 unspecified atom stereocenters. The van der Waals surface area contributed by atoms with Crippen LogP contribution in [-0.2, 0) is 11.2 Å². The van der Waals surface area contributed by atoms with E-state index in [-0.39, 0.29) is 12.1 Å². The molecule has 1 rings (SSSR count). The molecule has 0 spiro atoms. The smallest absolute Gasteiger partial charge is 0.407 e. The van der Waals surface area contributed by atoms with E-state index in [0.717, 1.165) is 6.42 Å². The highest BCUT2D eigenvalue weighted by Crippen LogP contribution is 2.09. The molecule has 0 fully saturated rings. The Morgan fingerprint density at radius 2 is 2.05 bits per heavy atom. The molecule has 20 heavy (non-hydrogen) atoms. The van der Waals surface area contributed by atoms with E-state index in [2.05, 4.69) is 41.3 Å². The van der Waals surface area contributed by atoms with Crippen LogP contribution < -0.4 is 10.6 Å². The molecule has 1 amide bonds. The topological polar surface area (TPSA) is 50.4 Å². The number of thiophene rings is 1. The van der Waals surface area contributed by atoms with Gasteiger partial charge in [0.25, 0.3) is 0 Å². The highest BCUT2D eigenvalue weighted by atomic mass is 32.1. The van der Waals surface area contributed by atoms with Crippen molar-refractivity contribution in [3.8, 4) is 0 Å². The van der Waals surface area contributed by atoms with Crippen LogP contribution >= 0.6 is 11.3 Å². The van der Waals surface area contributed by atoms with E-state index in [1.807, 2.05) is 20.8 Å². The van der Waals surface area contributed by atoms with Crippen molar-refractivity contribution in [3.05, 3.63) is 22.4 Å². The fraction of sp³-hybridized carbons (Fsp3) is 0.667. The summed E-state index contributed by atoms with van der Waals surface area (Å²) in [5.74, 6) is 0. The predicted octanol–water partition coefficient (Wildman–Crippen LogP) is 3.18. The van der Waals surface area contributed by atoms with Gasteiger partial charge in [-0.25, -0.2) is 4.79 Å². The van der Waals surface area contributed by atoms with Gasteiger partial charge in [-0.05, 0) is 63.4 Å². The number of alkyl carbamates (subject to hydrolysis) is 1. The van der Waals surface area contributed by atoms with Gasteiger partial charge in [-0.3, -0.25) is 0 Å². The van der Waals surface area contributed by atoms with Gasteiger partial charge in [0.05, 0.1) is 0 Å². The van der Waals surface area contributed by atoms with Gasteiger partial charge in [-0.15, -0.1) is 0 Å². The average Bonchev–Trinajstić information content (AvgIpc) is 2.76. The third-order valence-electron chi connectivity index (χ3n) is 2.64. The third-order valence-corrected chi connectivity index (χ3v) is 3.37. The Hall–Kier alpha value is -1.07. The molecular formula is C15H26N2O2S. The SMILES string of the molecule is CC(CNC(=O)OC(C)(C)C)NC(C)Cc1ccsc1. The Bertz CT molecular complexity index is 399. The first kappa shape index (κ1) is 17.0. The van der Waals surface area contributed by atoms with Crippen LogP contribution in [-0.4, -0.2) is 30.3 Å². The van der Waals surface area contributed by atoms with Crippen LogP contribution in [0.25, 0.3) is 0 Å². The molecule has 2 N–H and O–H groups in total. The van der Waals surface area contributed by atoms with Crippen molar-refractivity contribution in [2.45, 2.75) is 58.7 Å². The highest BCUT2D eigenvalue weighted by molar-refractivity contribution is 7.07. The maximum Gasteiger partial charge on any atom is 0.407 e. The molecule has 1 heterocycles. The first-order valence-electron chi connectivity index (χ1n) is 7.00. The fourth-order valence-corrected chi connectivity index (χ4v) is 2.60. The molecule has 4 nitrogen and oxygen atoms in total. The lowest BCUT2D eigenvalue weighted by Gasteiger charge is -2.23. The van der Waals surface area contributed by atoms with Gasteiger partial charge >= 0.3 is 6.09 Å². The lowest BCUT2D eigenvalue weighted by Crippen LogP contribution is -2.44. The summed E-state index contributed by atoms with van der Waals surface area (Å²) in [5, 5.41) is 10.5. The van der Waals surface area contributed by atoms with Gasteiger partial charge in [0.1, 0.15) is 5.60 Å². The second-order valence-corrected chi connectivity index (χ2v) is 6.97. The zero-order valence-corrected chi connectivity index (χ0v) is 13.8. The molecule has 0 aromatic carbocycles. The molecule has 0 aliphatic carbocycles. The van der Waals surface area contributed by atoms with Crippen LogP contribution in [0, 0.1) is 0 Å². The number of rotatable bonds is 6. The van der Waals surface area contributed by atoms with E-state index in [1.54, 1.807) is 11.3 Å². The number of hydrogen-bond acceptors (Lipinski definition) is 4. The third kappa shape index (κ3) is 7.50. The van der Waals surface area contributed by atoms with Crippen molar-refractivity contribution in [2.75, 3.05) is 6.54 Å². The van der Waals surface area contributed by atoms with Gasteiger partial charge in [0, 0.05) is 18.6 Å². The van der Waals surface area contributed by atoms with Crippen molar-refractivity contribution in [2.24, 2.45) is 0 Å². The lowest BCUT2D eigenvalue weighted by molar-refractivity contribution is 0.0522. The van der Waals surface area contributed by atoms with E-state index >= 15 is 0 Å². The summed E-state index contributed by atoms with van der Waals surface area (Å²) in [7, 11) is 0. The monoisotopic (exact) mass is 298 g/mol. The number of amides is 1. The molecular weight excluding hydrogens is 272 g/mol. The quantitative estimate of drug-likeness (QED) is 0.848. The molecule has 1 aromatic heterocycles. The molecule has 0 saturated heterocycles. The van der Waals surface area contributed by atoms with Crippen molar-refractivity contribution >= 4 is 17.4 Å². The summed E-state index contributed by atoms with van der Waals surface area (Å²) in [5.41, 5.74) is 0.898. The summed E-state index contributed by atoms with van der Waals surface area (Å²) >= 11 is 1.72. The molecule has 114 valence electrons. The summed E-state index contributed by atoms with van der Waals surface area (Å²) < 4.78 is 5.20. The normalized spacial score (nSPS) is 14.7. The Labute approximate surface area is 125 Å². The molecule has 2 atom stereocenters. The van der Waals surface area contributed by atoms with Crippen molar-refractivity contribution < 1.29 is 9.53 Å².